The first-order chi connectivity index (χ1) is 16.4. The van der Waals surface area contributed by atoms with E-state index in [0.717, 1.165) is 50.5 Å². The molecule has 3 unspecified atom stereocenters. The summed E-state index contributed by atoms with van der Waals surface area (Å²) < 4.78 is 34.1. The average molecular weight is 513 g/mol. The first-order valence-electron chi connectivity index (χ1n) is 14.5. The lowest BCUT2D eigenvalue weighted by molar-refractivity contribution is 0.0943. The Morgan fingerprint density at radius 3 is 1.80 bits per heavy atom. The highest BCUT2D eigenvalue weighted by molar-refractivity contribution is 7.90. The molecule has 0 aromatic carbocycles. The second kappa shape index (κ2) is 15.6. The fourth-order valence-electron chi connectivity index (χ4n) is 5.88. The van der Waals surface area contributed by atoms with Crippen LogP contribution >= 0.6 is 0 Å². The molecule has 0 heterocycles. The lowest BCUT2D eigenvalue weighted by Gasteiger charge is -2.40. The van der Waals surface area contributed by atoms with Crippen molar-refractivity contribution < 1.29 is 18.1 Å². The first-order valence-corrected chi connectivity index (χ1v) is 15.9. The van der Waals surface area contributed by atoms with Gasteiger partial charge in [-0.25, -0.2) is 0 Å². The van der Waals surface area contributed by atoms with E-state index in [1.54, 1.807) is 6.08 Å². The molecular formula is C30H56O4S. The predicted molar refractivity (Wildman–Crippen MR) is 150 cm³/mol. The SMILES string of the molecule is CCCCCCCCCCCC(C)(CCCC)CC1C=C(S(=O)(=O)O)C=C(C(C)(C)CCC)C1O. The highest BCUT2D eigenvalue weighted by Gasteiger charge is 2.39. The Morgan fingerprint density at radius 1 is 0.771 bits per heavy atom. The van der Waals surface area contributed by atoms with Gasteiger partial charge in [0.25, 0.3) is 10.1 Å². The second-order valence-corrected chi connectivity index (χ2v) is 13.5. The van der Waals surface area contributed by atoms with Crippen molar-refractivity contribution in [1.29, 1.82) is 0 Å². The van der Waals surface area contributed by atoms with Gasteiger partial charge in [-0.05, 0) is 48.2 Å². The molecule has 2 N–H and O–H groups in total. The molecule has 0 spiro atoms. The molecule has 206 valence electrons. The zero-order chi connectivity index (χ0) is 26.5. The van der Waals surface area contributed by atoms with Gasteiger partial charge in [-0.1, -0.05) is 125 Å². The van der Waals surface area contributed by atoms with Gasteiger partial charge in [0, 0.05) is 5.92 Å². The van der Waals surface area contributed by atoms with E-state index < -0.39 is 16.2 Å². The molecule has 0 amide bonds. The van der Waals surface area contributed by atoms with E-state index in [9.17, 15) is 18.1 Å². The zero-order valence-corrected chi connectivity index (χ0v) is 24.6. The fourth-order valence-corrected chi connectivity index (χ4v) is 6.50. The van der Waals surface area contributed by atoms with E-state index in [1.165, 1.54) is 63.9 Å². The molecule has 0 saturated heterocycles. The van der Waals surface area contributed by atoms with Crippen LogP contribution < -0.4 is 0 Å². The van der Waals surface area contributed by atoms with Crippen LogP contribution in [0, 0.1) is 16.7 Å². The second-order valence-electron chi connectivity index (χ2n) is 12.1. The van der Waals surface area contributed by atoms with Crippen molar-refractivity contribution in [3.63, 3.8) is 0 Å². The molecule has 35 heavy (non-hydrogen) atoms. The van der Waals surface area contributed by atoms with Crippen molar-refractivity contribution in [2.75, 3.05) is 0 Å². The number of hydrogen-bond acceptors (Lipinski definition) is 3. The Labute approximate surface area is 217 Å². The Hall–Kier alpha value is -0.650. The minimum Gasteiger partial charge on any atom is -0.388 e. The molecule has 5 heteroatoms. The molecule has 0 aromatic heterocycles. The van der Waals surface area contributed by atoms with Crippen LogP contribution in [0.4, 0.5) is 0 Å². The van der Waals surface area contributed by atoms with Gasteiger partial charge in [0.1, 0.15) is 0 Å². The normalized spacial score (nSPS) is 20.9. The number of allylic oxidation sites excluding steroid dienone is 1. The fraction of sp³-hybridized carbons (Fsp3) is 0.867. The third-order valence-corrected chi connectivity index (χ3v) is 8.95. The molecule has 0 radical (unpaired) electrons. The molecule has 0 bridgehead atoms. The summed E-state index contributed by atoms with van der Waals surface area (Å²) in [5.41, 5.74) is 0.453. The summed E-state index contributed by atoms with van der Waals surface area (Å²) in [5, 5.41) is 11.4. The summed E-state index contributed by atoms with van der Waals surface area (Å²) in [7, 11) is -4.33. The van der Waals surface area contributed by atoms with Gasteiger partial charge in [-0.2, -0.15) is 8.42 Å². The minimum atomic E-state index is -4.33. The van der Waals surface area contributed by atoms with Gasteiger partial charge in [0.05, 0.1) is 11.0 Å². The molecule has 3 atom stereocenters. The summed E-state index contributed by atoms with van der Waals surface area (Å²) in [6.07, 6.45) is 21.1. The largest absolute Gasteiger partial charge is 0.388 e. The van der Waals surface area contributed by atoms with Crippen molar-refractivity contribution in [3.8, 4) is 0 Å². The summed E-state index contributed by atoms with van der Waals surface area (Å²) in [5.74, 6) is -0.302. The van der Waals surface area contributed by atoms with Gasteiger partial charge in [0.2, 0.25) is 0 Å². The van der Waals surface area contributed by atoms with E-state index in [0.29, 0.717) is 0 Å². The molecule has 1 aliphatic carbocycles. The maximum Gasteiger partial charge on any atom is 0.294 e. The van der Waals surface area contributed by atoms with Crippen LogP contribution in [0.25, 0.3) is 0 Å². The summed E-state index contributed by atoms with van der Waals surface area (Å²) in [4.78, 5) is -0.0482. The van der Waals surface area contributed by atoms with E-state index in [-0.39, 0.29) is 21.7 Å². The maximum atomic E-state index is 12.1. The lowest BCUT2D eigenvalue weighted by Crippen LogP contribution is -2.36. The predicted octanol–water partition coefficient (Wildman–Crippen LogP) is 9.01. The van der Waals surface area contributed by atoms with E-state index in [1.807, 2.05) is 0 Å². The molecule has 4 nitrogen and oxygen atoms in total. The Balaban J connectivity index is 2.91. The highest BCUT2D eigenvalue weighted by atomic mass is 32.2. The van der Waals surface area contributed by atoms with Gasteiger partial charge < -0.3 is 5.11 Å². The van der Waals surface area contributed by atoms with Gasteiger partial charge >= 0.3 is 0 Å². The quantitative estimate of drug-likeness (QED) is 0.134. The van der Waals surface area contributed by atoms with Gasteiger partial charge in [0.15, 0.2) is 0 Å². The van der Waals surface area contributed by atoms with E-state index in [4.69, 9.17) is 0 Å². The molecule has 0 fully saturated rings. The van der Waals surface area contributed by atoms with Crippen LogP contribution in [0.15, 0.2) is 22.6 Å². The average Bonchev–Trinajstić information content (AvgIpc) is 2.77. The summed E-state index contributed by atoms with van der Waals surface area (Å²) in [6.45, 7) is 13.0. The monoisotopic (exact) mass is 512 g/mol. The standard InChI is InChI=1S/C30H56O4S/c1-7-10-12-13-14-15-16-17-18-21-30(6,20-11-8-2)24-25-22-26(35(32,33)34)23-27(28(25)31)29(4,5)19-9-3/h22-23,25,28,31H,7-21,24H2,1-6H3,(H,32,33,34). The lowest BCUT2D eigenvalue weighted by atomic mass is 9.67. The van der Waals surface area contributed by atoms with Crippen molar-refractivity contribution >= 4 is 10.1 Å². The molecular weight excluding hydrogens is 456 g/mol. The number of aliphatic hydroxyl groups is 1. The highest BCUT2D eigenvalue weighted by Crippen LogP contribution is 2.45. The Kier molecular flexibility index (Phi) is 14.4. The van der Waals surface area contributed by atoms with Crippen molar-refractivity contribution in [2.45, 2.75) is 150 Å². The van der Waals surface area contributed by atoms with Crippen LogP contribution in [0.2, 0.25) is 0 Å². The molecule has 1 aliphatic rings. The number of hydrogen-bond donors (Lipinski definition) is 2. The maximum absolute atomic E-state index is 12.1. The number of rotatable bonds is 19. The Morgan fingerprint density at radius 2 is 1.29 bits per heavy atom. The van der Waals surface area contributed by atoms with Crippen LogP contribution in [-0.2, 0) is 10.1 Å². The molecule has 0 saturated carbocycles. The van der Waals surface area contributed by atoms with Crippen LogP contribution in [0.1, 0.15) is 144 Å². The van der Waals surface area contributed by atoms with Crippen molar-refractivity contribution in [2.24, 2.45) is 16.7 Å². The third kappa shape index (κ3) is 11.5. The topological polar surface area (TPSA) is 74.6 Å². The smallest absolute Gasteiger partial charge is 0.294 e. The molecule has 0 aliphatic heterocycles. The van der Waals surface area contributed by atoms with Crippen LogP contribution in [-0.4, -0.2) is 24.2 Å². The zero-order valence-electron chi connectivity index (χ0n) is 23.7. The van der Waals surface area contributed by atoms with E-state index >= 15 is 0 Å². The number of unbranched alkanes of at least 4 members (excludes halogenated alkanes) is 9. The minimum absolute atomic E-state index is 0.0426. The Bertz CT molecular complexity index is 765. The van der Waals surface area contributed by atoms with Gasteiger partial charge in [-0.15, -0.1) is 0 Å². The first kappa shape index (κ1) is 32.4. The summed E-state index contributed by atoms with van der Waals surface area (Å²) >= 11 is 0. The third-order valence-electron chi connectivity index (χ3n) is 8.10. The summed E-state index contributed by atoms with van der Waals surface area (Å²) in [6, 6.07) is 0. The number of aliphatic hydroxyl groups excluding tert-OH is 1. The van der Waals surface area contributed by atoms with Crippen molar-refractivity contribution in [1.82, 2.24) is 0 Å². The van der Waals surface area contributed by atoms with Gasteiger partial charge in [-0.3, -0.25) is 4.55 Å². The molecule has 0 aromatic rings. The van der Waals surface area contributed by atoms with Crippen molar-refractivity contribution in [3.05, 3.63) is 22.6 Å². The van der Waals surface area contributed by atoms with Crippen LogP contribution in [0.3, 0.4) is 0 Å². The van der Waals surface area contributed by atoms with E-state index in [2.05, 4.69) is 41.5 Å². The molecule has 1 rings (SSSR count). The van der Waals surface area contributed by atoms with Crippen LogP contribution in [0.5, 0.6) is 0 Å².